The van der Waals surface area contributed by atoms with Gasteiger partial charge in [-0.2, -0.15) is 0 Å². The zero-order chi connectivity index (χ0) is 12.8. The fourth-order valence-electron chi connectivity index (χ4n) is 3.85. The lowest BCUT2D eigenvalue weighted by atomic mass is 9.89. The van der Waals surface area contributed by atoms with E-state index in [-0.39, 0.29) is 0 Å². The normalized spacial score (nSPS) is 30.2. The van der Waals surface area contributed by atoms with Crippen LogP contribution >= 0.6 is 0 Å². The van der Waals surface area contributed by atoms with E-state index in [4.69, 9.17) is 0 Å². The second-order valence-corrected chi connectivity index (χ2v) is 6.56. The molecule has 0 aromatic rings. The summed E-state index contributed by atoms with van der Waals surface area (Å²) in [7, 11) is 2.37. The van der Waals surface area contributed by atoms with Crippen molar-refractivity contribution in [1.29, 1.82) is 0 Å². The van der Waals surface area contributed by atoms with Gasteiger partial charge < -0.3 is 10.2 Å². The monoisotopic (exact) mass is 252 g/mol. The highest BCUT2D eigenvalue weighted by Gasteiger charge is 2.26. The zero-order valence-electron chi connectivity index (χ0n) is 12.5. The van der Waals surface area contributed by atoms with Crippen molar-refractivity contribution in [3.05, 3.63) is 0 Å². The maximum atomic E-state index is 3.72. The quantitative estimate of drug-likeness (QED) is 0.779. The number of hydrogen-bond acceptors (Lipinski definition) is 2. The van der Waals surface area contributed by atoms with Crippen molar-refractivity contribution >= 4 is 0 Å². The molecule has 0 radical (unpaired) electrons. The minimum atomic E-state index is 0.787. The highest BCUT2D eigenvalue weighted by atomic mass is 15.1. The predicted octanol–water partition coefficient (Wildman–Crippen LogP) is 3.42. The van der Waals surface area contributed by atoms with Crippen LogP contribution < -0.4 is 5.32 Å². The maximum Gasteiger partial charge on any atom is 0.0107 e. The molecule has 2 aliphatic carbocycles. The summed E-state index contributed by atoms with van der Waals surface area (Å²) in [6, 6.07) is 1.63. The molecule has 0 aromatic carbocycles. The molecule has 0 saturated heterocycles. The van der Waals surface area contributed by atoms with Crippen LogP contribution in [0.1, 0.15) is 64.7 Å². The summed E-state index contributed by atoms with van der Waals surface area (Å²) in [5.74, 6) is 0.999. The molecule has 2 heteroatoms. The van der Waals surface area contributed by atoms with Gasteiger partial charge in [0, 0.05) is 18.6 Å². The van der Waals surface area contributed by atoms with Crippen molar-refractivity contribution < 1.29 is 0 Å². The molecule has 18 heavy (non-hydrogen) atoms. The number of hydrogen-bond donors (Lipinski definition) is 1. The van der Waals surface area contributed by atoms with E-state index in [0.717, 1.165) is 18.0 Å². The smallest absolute Gasteiger partial charge is 0.0107 e. The van der Waals surface area contributed by atoms with Crippen molar-refractivity contribution in [2.45, 2.75) is 76.8 Å². The number of nitrogens with zero attached hydrogens (tertiary/aromatic N) is 1. The average Bonchev–Trinajstić information content (AvgIpc) is 2.89. The predicted molar refractivity (Wildman–Crippen MR) is 78.9 cm³/mol. The molecular formula is C16H32N2. The molecule has 1 N–H and O–H groups in total. The van der Waals surface area contributed by atoms with Gasteiger partial charge in [0.1, 0.15) is 0 Å². The summed E-state index contributed by atoms with van der Waals surface area (Å²) in [6.45, 7) is 4.81. The molecule has 0 bridgehead atoms. The lowest BCUT2D eigenvalue weighted by Gasteiger charge is -2.37. The van der Waals surface area contributed by atoms with E-state index < -0.39 is 0 Å². The van der Waals surface area contributed by atoms with Crippen molar-refractivity contribution in [3.63, 3.8) is 0 Å². The number of nitrogens with one attached hydrogen (secondary N) is 1. The Morgan fingerprint density at radius 1 is 1.06 bits per heavy atom. The lowest BCUT2D eigenvalue weighted by Crippen LogP contribution is -2.44. The molecule has 0 spiro atoms. The van der Waals surface area contributed by atoms with Crippen molar-refractivity contribution in [2.75, 3.05) is 20.1 Å². The van der Waals surface area contributed by atoms with Gasteiger partial charge in [-0.1, -0.05) is 26.2 Å². The molecule has 0 heterocycles. The summed E-state index contributed by atoms with van der Waals surface area (Å²) in [5, 5.41) is 3.72. The molecule has 2 unspecified atom stereocenters. The van der Waals surface area contributed by atoms with Gasteiger partial charge in [-0.3, -0.25) is 0 Å². The third kappa shape index (κ3) is 4.24. The summed E-state index contributed by atoms with van der Waals surface area (Å²) < 4.78 is 0. The van der Waals surface area contributed by atoms with E-state index in [1.807, 2.05) is 0 Å². The molecule has 106 valence electrons. The summed E-state index contributed by atoms with van der Waals surface area (Å²) in [5.41, 5.74) is 0. The van der Waals surface area contributed by atoms with Crippen LogP contribution in [0.2, 0.25) is 0 Å². The third-order valence-electron chi connectivity index (χ3n) is 4.97. The van der Waals surface area contributed by atoms with E-state index in [1.165, 1.54) is 70.9 Å². The summed E-state index contributed by atoms with van der Waals surface area (Å²) in [4.78, 5) is 2.68. The van der Waals surface area contributed by atoms with Gasteiger partial charge in [-0.05, 0) is 58.0 Å². The summed E-state index contributed by atoms with van der Waals surface area (Å²) in [6.07, 6.45) is 12.8. The van der Waals surface area contributed by atoms with Gasteiger partial charge in [0.15, 0.2) is 0 Å². The van der Waals surface area contributed by atoms with Crippen LogP contribution in [0.15, 0.2) is 0 Å². The Labute approximate surface area is 114 Å². The van der Waals surface area contributed by atoms with Crippen LogP contribution in [0.25, 0.3) is 0 Å². The molecule has 2 rings (SSSR count). The van der Waals surface area contributed by atoms with Gasteiger partial charge in [0.25, 0.3) is 0 Å². The first-order chi connectivity index (χ1) is 8.79. The fraction of sp³-hybridized carbons (Fsp3) is 1.00. The average molecular weight is 252 g/mol. The van der Waals surface area contributed by atoms with Gasteiger partial charge in [-0.15, -0.1) is 0 Å². The molecule has 2 atom stereocenters. The Balaban J connectivity index is 1.72. The molecule has 0 aliphatic heterocycles. The minimum absolute atomic E-state index is 0.787. The van der Waals surface area contributed by atoms with Crippen molar-refractivity contribution in [3.8, 4) is 0 Å². The van der Waals surface area contributed by atoms with Crippen LogP contribution in [0, 0.1) is 5.92 Å². The first kappa shape index (κ1) is 14.3. The Bertz CT molecular complexity index is 223. The standard InChI is InChI=1S/C16H32N2/c1-3-11-17-15-9-6-10-16(12-15)18(2)13-14-7-4-5-8-14/h14-17H,3-13H2,1-2H3. The van der Waals surface area contributed by atoms with Crippen LogP contribution in [0.5, 0.6) is 0 Å². The molecule has 2 saturated carbocycles. The Morgan fingerprint density at radius 3 is 2.56 bits per heavy atom. The van der Waals surface area contributed by atoms with Gasteiger partial charge in [0.05, 0.1) is 0 Å². The van der Waals surface area contributed by atoms with Crippen molar-refractivity contribution in [2.24, 2.45) is 5.92 Å². The topological polar surface area (TPSA) is 15.3 Å². The molecule has 0 amide bonds. The van der Waals surface area contributed by atoms with Gasteiger partial charge >= 0.3 is 0 Å². The highest BCUT2D eigenvalue weighted by Crippen LogP contribution is 2.28. The van der Waals surface area contributed by atoms with Crippen LogP contribution in [0.3, 0.4) is 0 Å². The maximum absolute atomic E-state index is 3.72. The van der Waals surface area contributed by atoms with Gasteiger partial charge in [0.2, 0.25) is 0 Å². The number of rotatable bonds is 6. The Morgan fingerprint density at radius 2 is 1.83 bits per heavy atom. The van der Waals surface area contributed by atoms with Crippen LogP contribution in [0.4, 0.5) is 0 Å². The second-order valence-electron chi connectivity index (χ2n) is 6.56. The molecule has 2 aliphatic rings. The summed E-state index contributed by atoms with van der Waals surface area (Å²) >= 11 is 0. The molecule has 2 nitrogen and oxygen atoms in total. The first-order valence-corrected chi connectivity index (χ1v) is 8.23. The van der Waals surface area contributed by atoms with Crippen LogP contribution in [-0.2, 0) is 0 Å². The fourth-order valence-corrected chi connectivity index (χ4v) is 3.85. The van der Waals surface area contributed by atoms with E-state index >= 15 is 0 Å². The van der Waals surface area contributed by atoms with Gasteiger partial charge in [-0.25, -0.2) is 0 Å². The van der Waals surface area contributed by atoms with E-state index in [9.17, 15) is 0 Å². The molecule has 2 fully saturated rings. The Kier molecular flexibility index (Phi) is 5.97. The third-order valence-corrected chi connectivity index (χ3v) is 4.97. The highest BCUT2D eigenvalue weighted by molar-refractivity contribution is 4.84. The second kappa shape index (κ2) is 7.49. The molecular weight excluding hydrogens is 220 g/mol. The van der Waals surface area contributed by atoms with Crippen molar-refractivity contribution in [1.82, 2.24) is 10.2 Å². The Hall–Kier alpha value is -0.0800. The first-order valence-electron chi connectivity index (χ1n) is 8.23. The lowest BCUT2D eigenvalue weighted by molar-refractivity contribution is 0.149. The van der Waals surface area contributed by atoms with E-state index in [0.29, 0.717) is 0 Å². The van der Waals surface area contributed by atoms with E-state index in [1.54, 1.807) is 0 Å². The molecule has 0 aromatic heterocycles. The SMILES string of the molecule is CCCNC1CCCC(N(C)CC2CCCC2)C1. The van der Waals surface area contributed by atoms with E-state index in [2.05, 4.69) is 24.2 Å². The minimum Gasteiger partial charge on any atom is -0.314 e. The van der Waals surface area contributed by atoms with Crippen LogP contribution in [-0.4, -0.2) is 37.1 Å². The largest absolute Gasteiger partial charge is 0.314 e. The zero-order valence-corrected chi connectivity index (χ0v) is 12.5.